The third-order valence-corrected chi connectivity index (χ3v) is 12.4. The van der Waals surface area contributed by atoms with Crippen LogP contribution in [0.3, 0.4) is 0 Å². The quantitative estimate of drug-likeness (QED) is 0.177. The van der Waals surface area contributed by atoms with Gasteiger partial charge < -0.3 is 0 Å². The van der Waals surface area contributed by atoms with Crippen molar-refractivity contribution in [3.63, 3.8) is 0 Å². The molecule has 1 fully saturated rings. The Balaban J connectivity index is 1.05. The Morgan fingerprint density at radius 3 is 1.71 bits per heavy atom. The van der Waals surface area contributed by atoms with Crippen LogP contribution in [0.4, 0.5) is 0 Å². The normalized spacial score (nSPS) is 14.2. The van der Waals surface area contributed by atoms with Gasteiger partial charge in [0.2, 0.25) is 0 Å². The second-order valence-electron chi connectivity index (χ2n) is 15.7. The summed E-state index contributed by atoms with van der Waals surface area (Å²) < 4.78 is 0. The monoisotopic (exact) mass is 716 g/mol. The Morgan fingerprint density at radius 1 is 0.339 bits per heavy atom. The predicted molar refractivity (Wildman–Crippen MR) is 234 cm³/mol. The van der Waals surface area contributed by atoms with E-state index in [9.17, 15) is 0 Å². The van der Waals surface area contributed by atoms with Crippen LogP contribution in [0.2, 0.25) is 0 Å². The first-order chi connectivity index (χ1) is 27.7. The third-order valence-electron chi connectivity index (χ3n) is 12.4. The Bertz CT molecular complexity index is 2940. The zero-order chi connectivity index (χ0) is 37.1. The first-order valence-corrected chi connectivity index (χ1v) is 20.0. The lowest BCUT2D eigenvalue weighted by molar-refractivity contribution is 0.353. The molecule has 0 amide bonds. The molecule has 0 saturated heterocycles. The summed E-state index contributed by atoms with van der Waals surface area (Å²) in [6.07, 6.45) is 6.33. The fourth-order valence-electron chi connectivity index (χ4n) is 9.69. The summed E-state index contributed by atoms with van der Waals surface area (Å²) in [5.41, 5.74) is 15.9. The molecule has 0 aliphatic heterocycles. The minimum atomic E-state index is 0.0920. The fourth-order valence-corrected chi connectivity index (χ4v) is 9.69. The molecule has 2 nitrogen and oxygen atoms in total. The SMILES string of the molecule is c1ccc(-c2cccc(-c3cc(-c4ccc5ccc(-c6cccc7c6-c6cc8ccccc8cc6C76CCCCC6)cc5c4)nc(-c4ccccc4)n3)c2)cc1. The zero-order valence-corrected chi connectivity index (χ0v) is 31.3. The number of nitrogens with zero attached hydrogens (tertiary/aromatic N) is 2. The molecule has 2 heteroatoms. The van der Waals surface area contributed by atoms with Crippen LogP contribution in [0.1, 0.15) is 43.2 Å². The van der Waals surface area contributed by atoms with Gasteiger partial charge in [0.1, 0.15) is 0 Å². The maximum atomic E-state index is 5.20. The van der Waals surface area contributed by atoms with Gasteiger partial charge in [-0.3, -0.25) is 0 Å². The van der Waals surface area contributed by atoms with Crippen molar-refractivity contribution in [1.29, 1.82) is 0 Å². The van der Waals surface area contributed by atoms with Crippen LogP contribution in [-0.4, -0.2) is 9.97 Å². The highest BCUT2D eigenvalue weighted by Gasteiger charge is 2.44. The van der Waals surface area contributed by atoms with E-state index in [0.717, 1.165) is 33.9 Å². The lowest BCUT2D eigenvalue weighted by Gasteiger charge is -2.36. The molecule has 2 aliphatic rings. The standard InChI is InChI=1S/C54H40N2/c1-4-14-36(15-5-1)39-20-12-21-43(30-39)50-35-51(56-53(55-50)38-16-6-2-7-17-38)44-27-25-37-24-26-42(31-45(37)32-44)46-22-13-23-48-52(46)47-33-40-18-8-9-19-41(40)34-49(47)54(48)28-10-3-11-29-54/h1-2,4-9,12-27,30-35H,3,10-11,28-29H2. The van der Waals surface area contributed by atoms with Crippen molar-refractivity contribution >= 4 is 21.5 Å². The highest BCUT2D eigenvalue weighted by molar-refractivity contribution is 6.00. The van der Waals surface area contributed by atoms with Crippen LogP contribution < -0.4 is 0 Å². The van der Waals surface area contributed by atoms with E-state index in [4.69, 9.17) is 9.97 Å². The van der Waals surface area contributed by atoms with Gasteiger partial charge in [0.05, 0.1) is 11.4 Å². The summed E-state index contributed by atoms with van der Waals surface area (Å²) in [6, 6.07) is 66.4. The molecule has 8 aromatic carbocycles. The number of hydrogen-bond acceptors (Lipinski definition) is 2. The molecule has 1 spiro atoms. The van der Waals surface area contributed by atoms with Crippen LogP contribution in [0, 0.1) is 0 Å². The van der Waals surface area contributed by atoms with Crippen molar-refractivity contribution in [2.24, 2.45) is 0 Å². The number of fused-ring (bicyclic) bond motifs is 7. The lowest BCUT2D eigenvalue weighted by Crippen LogP contribution is -2.28. The van der Waals surface area contributed by atoms with E-state index in [0.29, 0.717) is 0 Å². The Labute approximate surface area is 328 Å². The molecule has 0 atom stereocenters. The second-order valence-corrected chi connectivity index (χ2v) is 15.7. The van der Waals surface area contributed by atoms with E-state index in [1.807, 2.05) is 6.07 Å². The van der Waals surface area contributed by atoms with E-state index < -0.39 is 0 Å². The maximum Gasteiger partial charge on any atom is 0.160 e. The lowest BCUT2D eigenvalue weighted by atomic mass is 9.67. The molecule has 1 aromatic heterocycles. The van der Waals surface area contributed by atoms with E-state index in [-0.39, 0.29) is 5.41 Å². The molecule has 9 aromatic rings. The van der Waals surface area contributed by atoms with E-state index in [1.54, 1.807) is 0 Å². The molecule has 1 saturated carbocycles. The smallest absolute Gasteiger partial charge is 0.160 e. The molecular weight excluding hydrogens is 677 g/mol. The number of aromatic nitrogens is 2. The fraction of sp³-hybridized carbons (Fsp3) is 0.111. The molecule has 0 N–H and O–H groups in total. The first kappa shape index (κ1) is 32.8. The number of benzene rings is 8. The van der Waals surface area contributed by atoms with Gasteiger partial charge in [-0.15, -0.1) is 0 Å². The second kappa shape index (κ2) is 13.3. The summed E-state index contributed by atoms with van der Waals surface area (Å²) in [5.74, 6) is 0.722. The average Bonchev–Trinajstić information content (AvgIpc) is 3.53. The van der Waals surface area contributed by atoms with Crippen molar-refractivity contribution < 1.29 is 0 Å². The van der Waals surface area contributed by atoms with Gasteiger partial charge in [-0.25, -0.2) is 9.97 Å². The minimum Gasteiger partial charge on any atom is -0.228 e. The molecule has 266 valence electrons. The van der Waals surface area contributed by atoms with E-state index in [2.05, 4.69) is 176 Å². The minimum absolute atomic E-state index is 0.0920. The van der Waals surface area contributed by atoms with Gasteiger partial charge in [-0.2, -0.15) is 0 Å². The summed E-state index contributed by atoms with van der Waals surface area (Å²) in [7, 11) is 0. The third kappa shape index (κ3) is 5.47. The van der Waals surface area contributed by atoms with Crippen molar-refractivity contribution in [1.82, 2.24) is 9.97 Å². The number of hydrogen-bond donors (Lipinski definition) is 0. The van der Waals surface area contributed by atoms with E-state index in [1.165, 1.54) is 98.2 Å². The Kier molecular flexibility index (Phi) is 7.77. The highest BCUT2D eigenvalue weighted by atomic mass is 14.9. The van der Waals surface area contributed by atoms with Gasteiger partial charge >= 0.3 is 0 Å². The van der Waals surface area contributed by atoms with Gasteiger partial charge in [0.25, 0.3) is 0 Å². The van der Waals surface area contributed by atoms with Crippen LogP contribution in [0.25, 0.3) is 88.8 Å². The van der Waals surface area contributed by atoms with Crippen LogP contribution >= 0.6 is 0 Å². The van der Waals surface area contributed by atoms with Crippen LogP contribution in [0.15, 0.2) is 182 Å². The zero-order valence-electron chi connectivity index (χ0n) is 31.3. The van der Waals surface area contributed by atoms with Gasteiger partial charge in [0.15, 0.2) is 5.82 Å². The largest absolute Gasteiger partial charge is 0.228 e. The van der Waals surface area contributed by atoms with Crippen molar-refractivity contribution in [2.75, 3.05) is 0 Å². The topological polar surface area (TPSA) is 25.8 Å². The van der Waals surface area contributed by atoms with Crippen molar-refractivity contribution in [3.8, 4) is 67.3 Å². The molecule has 11 rings (SSSR count). The summed E-state index contributed by atoms with van der Waals surface area (Å²) in [4.78, 5) is 10.3. The summed E-state index contributed by atoms with van der Waals surface area (Å²) in [5, 5.41) is 5.08. The molecular formula is C54H40N2. The van der Waals surface area contributed by atoms with Crippen molar-refractivity contribution in [3.05, 3.63) is 193 Å². The molecule has 0 unspecified atom stereocenters. The first-order valence-electron chi connectivity index (χ1n) is 20.0. The van der Waals surface area contributed by atoms with Crippen LogP contribution in [-0.2, 0) is 5.41 Å². The average molecular weight is 717 g/mol. The Hall–Kier alpha value is -6.64. The van der Waals surface area contributed by atoms with E-state index >= 15 is 0 Å². The highest BCUT2D eigenvalue weighted by Crippen LogP contribution is 2.58. The summed E-state index contributed by atoms with van der Waals surface area (Å²) in [6.45, 7) is 0. The van der Waals surface area contributed by atoms with Gasteiger partial charge in [-0.1, -0.05) is 165 Å². The van der Waals surface area contributed by atoms with Gasteiger partial charge in [-0.05, 0) is 115 Å². The van der Waals surface area contributed by atoms with Gasteiger partial charge in [0, 0.05) is 22.1 Å². The Morgan fingerprint density at radius 2 is 0.946 bits per heavy atom. The molecule has 2 aliphatic carbocycles. The van der Waals surface area contributed by atoms with Crippen molar-refractivity contribution in [2.45, 2.75) is 37.5 Å². The predicted octanol–water partition coefficient (Wildman–Crippen LogP) is 14.3. The van der Waals surface area contributed by atoms with Crippen LogP contribution in [0.5, 0.6) is 0 Å². The summed E-state index contributed by atoms with van der Waals surface area (Å²) >= 11 is 0. The molecule has 0 bridgehead atoms. The molecule has 0 radical (unpaired) electrons. The maximum absolute atomic E-state index is 5.20. The molecule has 1 heterocycles. The number of rotatable bonds is 5. The molecule has 56 heavy (non-hydrogen) atoms.